The van der Waals surface area contributed by atoms with Gasteiger partial charge < -0.3 is 4.57 Å². The van der Waals surface area contributed by atoms with Crippen LogP contribution < -0.4 is 4.80 Å². The molecule has 6 nitrogen and oxygen atoms in total. The number of hydrogen-bond acceptors (Lipinski definition) is 4. The molecular weight excluding hydrogens is 430 g/mol. The Morgan fingerprint density at radius 3 is 2.35 bits per heavy atom. The SMILES string of the molecule is CCn1c(=NC(=O)c2ccc(S(=O)(=O)N3C[C@H](C)C[C@@H](C)C3)cc2)sc2ccccc21. The Bertz CT molecular complexity index is 1260. The first-order valence-corrected chi connectivity index (χ1v) is 12.8. The molecule has 1 aliphatic rings. The van der Waals surface area contributed by atoms with Crippen LogP contribution in [0.1, 0.15) is 37.6 Å². The average molecular weight is 458 g/mol. The van der Waals surface area contributed by atoms with Crippen LogP contribution in [0.15, 0.2) is 58.4 Å². The number of sulfonamides is 1. The van der Waals surface area contributed by atoms with Gasteiger partial charge in [0.2, 0.25) is 10.0 Å². The third kappa shape index (κ3) is 4.37. The topological polar surface area (TPSA) is 71.7 Å². The standard InChI is InChI=1S/C23H27N3O3S2/c1-4-26-20-7-5-6-8-21(20)30-23(26)24-22(27)18-9-11-19(12-10-18)31(28,29)25-14-16(2)13-17(3)15-25/h5-12,16-17H,4,13-15H2,1-3H3/t16-,17-/m1/s1. The van der Waals surface area contributed by atoms with E-state index >= 15 is 0 Å². The van der Waals surface area contributed by atoms with Crippen molar-refractivity contribution in [3.63, 3.8) is 0 Å². The molecule has 0 unspecified atom stereocenters. The molecule has 1 aliphatic heterocycles. The molecule has 1 saturated heterocycles. The third-order valence-corrected chi connectivity index (χ3v) is 8.58. The van der Waals surface area contributed by atoms with Gasteiger partial charge in [0.05, 0.1) is 15.1 Å². The summed E-state index contributed by atoms with van der Waals surface area (Å²) in [4.78, 5) is 18.0. The Labute approximate surface area is 186 Å². The van der Waals surface area contributed by atoms with Crippen LogP contribution in [0.5, 0.6) is 0 Å². The second-order valence-electron chi connectivity index (χ2n) is 8.31. The first kappa shape index (κ1) is 21.9. The van der Waals surface area contributed by atoms with Crippen molar-refractivity contribution in [2.75, 3.05) is 13.1 Å². The summed E-state index contributed by atoms with van der Waals surface area (Å²) in [6.07, 6.45) is 1.04. The van der Waals surface area contributed by atoms with Crippen molar-refractivity contribution in [1.82, 2.24) is 8.87 Å². The summed E-state index contributed by atoms with van der Waals surface area (Å²) < 4.78 is 30.7. The van der Waals surface area contributed by atoms with E-state index in [0.29, 0.717) is 41.8 Å². The fraction of sp³-hybridized carbons (Fsp3) is 0.391. The minimum Gasteiger partial charge on any atom is -0.317 e. The molecule has 0 radical (unpaired) electrons. The Kier molecular flexibility index (Phi) is 6.14. The largest absolute Gasteiger partial charge is 0.317 e. The van der Waals surface area contributed by atoms with E-state index in [9.17, 15) is 13.2 Å². The average Bonchev–Trinajstić information content (AvgIpc) is 3.10. The molecular formula is C23H27N3O3S2. The zero-order chi connectivity index (χ0) is 22.2. The van der Waals surface area contributed by atoms with Crippen LogP contribution in [0.4, 0.5) is 0 Å². The van der Waals surface area contributed by atoms with Crippen LogP contribution in [0, 0.1) is 11.8 Å². The van der Waals surface area contributed by atoms with Gasteiger partial charge in [0.15, 0.2) is 4.80 Å². The van der Waals surface area contributed by atoms with Crippen LogP contribution in [0.3, 0.4) is 0 Å². The number of fused-ring (bicyclic) bond motifs is 1. The highest BCUT2D eigenvalue weighted by molar-refractivity contribution is 7.89. The monoisotopic (exact) mass is 457 g/mol. The van der Waals surface area contributed by atoms with Gasteiger partial charge in [0, 0.05) is 25.2 Å². The molecule has 0 spiro atoms. The number of benzene rings is 2. The number of carbonyl (C=O) groups is 1. The number of amides is 1. The summed E-state index contributed by atoms with van der Waals surface area (Å²) in [5.74, 6) is 0.299. The van der Waals surface area contributed by atoms with E-state index in [0.717, 1.165) is 16.6 Å². The van der Waals surface area contributed by atoms with Gasteiger partial charge in [-0.05, 0) is 61.6 Å². The van der Waals surface area contributed by atoms with Gasteiger partial charge in [-0.15, -0.1) is 0 Å². The number of rotatable bonds is 4. The molecule has 2 aromatic carbocycles. The maximum atomic E-state index is 13.0. The number of piperidine rings is 1. The van der Waals surface area contributed by atoms with Crippen molar-refractivity contribution in [2.45, 2.75) is 38.6 Å². The smallest absolute Gasteiger partial charge is 0.279 e. The molecule has 1 fully saturated rings. The summed E-state index contributed by atoms with van der Waals surface area (Å²) in [5, 5.41) is 0. The van der Waals surface area contributed by atoms with Gasteiger partial charge in [-0.25, -0.2) is 8.42 Å². The second kappa shape index (κ2) is 8.68. The van der Waals surface area contributed by atoms with Crippen molar-refractivity contribution in [3.05, 3.63) is 58.9 Å². The number of thiazole rings is 1. The molecule has 164 valence electrons. The molecule has 31 heavy (non-hydrogen) atoms. The molecule has 8 heteroatoms. The number of carbonyl (C=O) groups excluding carboxylic acids is 1. The Hall–Kier alpha value is -2.29. The van der Waals surface area contributed by atoms with Crippen LogP contribution in [-0.2, 0) is 16.6 Å². The normalized spacial score (nSPS) is 20.9. The maximum Gasteiger partial charge on any atom is 0.279 e. The molecule has 2 atom stereocenters. The van der Waals surface area contributed by atoms with E-state index in [2.05, 4.69) is 18.8 Å². The molecule has 1 aromatic heterocycles. The van der Waals surface area contributed by atoms with E-state index < -0.39 is 10.0 Å². The van der Waals surface area contributed by atoms with Crippen LogP contribution in [0.2, 0.25) is 0 Å². The van der Waals surface area contributed by atoms with Gasteiger partial charge in [-0.3, -0.25) is 4.79 Å². The predicted octanol–water partition coefficient (Wildman–Crippen LogP) is 4.13. The lowest BCUT2D eigenvalue weighted by Crippen LogP contribution is -2.42. The van der Waals surface area contributed by atoms with Gasteiger partial charge in [0.25, 0.3) is 5.91 Å². The summed E-state index contributed by atoms with van der Waals surface area (Å²) in [6.45, 7) is 7.96. The van der Waals surface area contributed by atoms with E-state index in [1.54, 1.807) is 16.4 Å². The lowest BCUT2D eigenvalue weighted by Gasteiger charge is -2.34. The van der Waals surface area contributed by atoms with Crippen molar-refractivity contribution < 1.29 is 13.2 Å². The maximum absolute atomic E-state index is 13.0. The Morgan fingerprint density at radius 2 is 1.71 bits per heavy atom. The van der Waals surface area contributed by atoms with Crippen molar-refractivity contribution in [1.29, 1.82) is 0 Å². The zero-order valence-electron chi connectivity index (χ0n) is 18.0. The zero-order valence-corrected chi connectivity index (χ0v) is 19.6. The minimum absolute atomic E-state index is 0.218. The highest BCUT2D eigenvalue weighted by Gasteiger charge is 2.31. The highest BCUT2D eigenvalue weighted by Crippen LogP contribution is 2.27. The van der Waals surface area contributed by atoms with E-state index in [-0.39, 0.29) is 10.8 Å². The lowest BCUT2D eigenvalue weighted by molar-refractivity contribution is 0.0997. The van der Waals surface area contributed by atoms with Gasteiger partial charge in [0.1, 0.15) is 0 Å². The number of aromatic nitrogens is 1. The molecule has 1 amide bonds. The highest BCUT2D eigenvalue weighted by atomic mass is 32.2. The minimum atomic E-state index is -3.57. The van der Waals surface area contributed by atoms with Crippen LogP contribution >= 0.6 is 11.3 Å². The second-order valence-corrected chi connectivity index (χ2v) is 11.3. The fourth-order valence-corrected chi connectivity index (χ4v) is 7.06. The van der Waals surface area contributed by atoms with Gasteiger partial charge in [-0.2, -0.15) is 9.30 Å². The predicted molar refractivity (Wildman–Crippen MR) is 124 cm³/mol. The first-order chi connectivity index (χ1) is 14.8. The van der Waals surface area contributed by atoms with Crippen molar-refractivity contribution in [3.8, 4) is 0 Å². The summed E-state index contributed by atoms with van der Waals surface area (Å²) in [5.41, 5.74) is 1.42. The molecule has 3 aromatic rings. The molecule has 2 heterocycles. The van der Waals surface area contributed by atoms with Crippen molar-refractivity contribution in [2.24, 2.45) is 16.8 Å². The van der Waals surface area contributed by atoms with E-state index in [1.807, 2.05) is 35.8 Å². The van der Waals surface area contributed by atoms with Gasteiger partial charge >= 0.3 is 0 Å². The summed E-state index contributed by atoms with van der Waals surface area (Å²) in [7, 11) is -3.57. The summed E-state index contributed by atoms with van der Waals surface area (Å²) >= 11 is 1.47. The van der Waals surface area contributed by atoms with E-state index in [1.165, 1.54) is 23.5 Å². The third-order valence-electron chi connectivity index (χ3n) is 5.68. The number of nitrogens with zero attached hydrogens (tertiary/aromatic N) is 3. The quantitative estimate of drug-likeness (QED) is 0.591. The lowest BCUT2D eigenvalue weighted by atomic mass is 9.94. The number of para-hydroxylation sites is 1. The van der Waals surface area contributed by atoms with Crippen LogP contribution in [-0.4, -0.2) is 36.3 Å². The fourth-order valence-electron chi connectivity index (χ4n) is 4.28. The van der Waals surface area contributed by atoms with E-state index in [4.69, 9.17) is 0 Å². The Morgan fingerprint density at radius 1 is 1.06 bits per heavy atom. The Balaban J connectivity index is 1.61. The molecule has 4 rings (SSSR count). The summed E-state index contributed by atoms with van der Waals surface area (Å²) in [6, 6.07) is 14.1. The molecule has 0 saturated carbocycles. The first-order valence-electron chi connectivity index (χ1n) is 10.6. The van der Waals surface area contributed by atoms with Crippen LogP contribution in [0.25, 0.3) is 10.2 Å². The molecule has 0 bridgehead atoms. The number of hydrogen-bond donors (Lipinski definition) is 0. The number of aryl methyl sites for hydroxylation is 1. The molecule has 0 N–H and O–H groups in total. The molecule has 0 aliphatic carbocycles. The van der Waals surface area contributed by atoms with Crippen molar-refractivity contribution >= 4 is 37.5 Å². The van der Waals surface area contributed by atoms with Gasteiger partial charge in [-0.1, -0.05) is 37.3 Å².